The lowest BCUT2D eigenvalue weighted by Gasteiger charge is -2.32. The molecule has 178 valence electrons. The van der Waals surface area contributed by atoms with E-state index in [0.29, 0.717) is 63.6 Å². The number of carbonyl (C=O) groups is 1. The number of morpholine rings is 1. The monoisotopic (exact) mass is 486 g/mol. The molecule has 6 nitrogen and oxygen atoms in total. The summed E-state index contributed by atoms with van der Waals surface area (Å²) in [5, 5.41) is 2.69. The number of nitrogens with one attached hydrogen (secondary N) is 1. The van der Waals surface area contributed by atoms with Crippen LogP contribution in [0.5, 0.6) is 0 Å². The van der Waals surface area contributed by atoms with E-state index in [-0.39, 0.29) is 22.7 Å². The van der Waals surface area contributed by atoms with E-state index in [1.54, 1.807) is 17.0 Å². The van der Waals surface area contributed by atoms with Crippen LogP contribution in [0.2, 0.25) is 5.02 Å². The molecule has 1 N–H and O–H groups in total. The number of hydrogen-bond donors (Lipinski definition) is 1. The smallest absolute Gasteiger partial charge is 0.378 e. The van der Waals surface area contributed by atoms with Gasteiger partial charge in [-0.15, -0.1) is 0 Å². The van der Waals surface area contributed by atoms with E-state index in [4.69, 9.17) is 16.3 Å². The number of rotatable bonds is 4. The maximum absolute atomic E-state index is 14.6. The van der Waals surface area contributed by atoms with Crippen molar-refractivity contribution in [3.63, 3.8) is 0 Å². The number of anilines is 3. The van der Waals surface area contributed by atoms with Gasteiger partial charge < -0.3 is 19.9 Å². The maximum atomic E-state index is 14.6. The zero-order valence-electron chi connectivity index (χ0n) is 17.7. The van der Waals surface area contributed by atoms with Crippen molar-refractivity contribution in [1.82, 2.24) is 4.98 Å². The largest absolute Gasteiger partial charge is 0.417 e. The van der Waals surface area contributed by atoms with Crippen LogP contribution in [0.15, 0.2) is 30.5 Å². The number of pyridine rings is 1. The highest BCUT2D eigenvalue weighted by Gasteiger charge is 2.33. The Balaban J connectivity index is 1.34. The van der Waals surface area contributed by atoms with Gasteiger partial charge in [0.05, 0.1) is 29.5 Å². The van der Waals surface area contributed by atoms with Crippen LogP contribution in [0, 0.1) is 11.7 Å². The number of benzene rings is 1. The minimum atomic E-state index is -4.51. The van der Waals surface area contributed by atoms with Gasteiger partial charge >= 0.3 is 6.18 Å². The van der Waals surface area contributed by atoms with Crippen molar-refractivity contribution in [3.8, 4) is 0 Å². The van der Waals surface area contributed by atoms with Gasteiger partial charge in [0.1, 0.15) is 11.6 Å². The second-order valence-corrected chi connectivity index (χ2v) is 8.45. The summed E-state index contributed by atoms with van der Waals surface area (Å²) in [7, 11) is 0. The molecule has 33 heavy (non-hydrogen) atoms. The van der Waals surface area contributed by atoms with Gasteiger partial charge in [-0.25, -0.2) is 9.37 Å². The molecule has 2 fully saturated rings. The van der Waals surface area contributed by atoms with Crippen LogP contribution in [0.1, 0.15) is 18.4 Å². The Hall–Kier alpha value is -2.59. The van der Waals surface area contributed by atoms with Crippen molar-refractivity contribution in [2.75, 3.05) is 54.5 Å². The van der Waals surface area contributed by atoms with Crippen molar-refractivity contribution in [2.24, 2.45) is 5.92 Å². The van der Waals surface area contributed by atoms with Gasteiger partial charge in [-0.05, 0) is 37.1 Å². The van der Waals surface area contributed by atoms with Crippen molar-refractivity contribution < 1.29 is 27.1 Å². The minimum Gasteiger partial charge on any atom is -0.378 e. The van der Waals surface area contributed by atoms with E-state index in [9.17, 15) is 22.4 Å². The average molecular weight is 487 g/mol. The molecular weight excluding hydrogens is 464 g/mol. The van der Waals surface area contributed by atoms with Gasteiger partial charge in [-0.3, -0.25) is 4.79 Å². The van der Waals surface area contributed by atoms with Crippen LogP contribution in [-0.2, 0) is 15.7 Å². The fourth-order valence-corrected chi connectivity index (χ4v) is 4.35. The molecule has 0 atom stereocenters. The van der Waals surface area contributed by atoms with Gasteiger partial charge in [0, 0.05) is 44.0 Å². The van der Waals surface area contributed by atoms with Crippen molar-refractivity contribution in [2.45, 2.75) is 19.0 Å². The number of hydrogen-bond acceptors (Lipinski definition) is 5. The van der Waals surface area contributed by atoms with Crippen molar-refractivity contribution in [3.05, 3.63) is 46.9 Å². The van der Waals surface area contributed by atoms with E-state index < -0.39 is 17.6 Å². The Labute approximate surface area is 193 Å². The first-order valence-electron chi connectivity index (χ1n) is 10.6. The Morgan fingerprint density at radius 1 is 1.09 bits per heavy atom. The van der Waals surface area contributed by atoms with E-state index in [1.807, 2.05) is 4.90 Å². The molecule has 1 amide bonds. The summed E-state index contributed by atoms with van der Waals surface area (Å²) in [5.41, 5.74) is -0.0488. The van der Waals surface area contributed by atoms with Gasteiger partial charge in [-0.2, -0.15) is 13.2 Å². The molecule has 11 heteroatoms. The summed E-state index contributed by atoms with van der Waals surface area (Å²) in [5.74, 6) is -0.673. The first-order valence-corrected chi connectivity index (χ1v) is 11.0. The molecule has 0 spiro atoms. The van der Waals surface area contributed by atoms with E-state index in [0.717, 1.165) is 12.3 Å². The number of nitrogens with zero attached hydrogens (tertiary/aromatic N) is 3. The lowest BCUT2D eigenvalue weighted by Crippen LogP contribution is -2.38. The molecule has 2 aliphatic heterocycles. The van der Waals surface area contributed by atoms with Gasteiger partial charge in [0.15, 0.2) is 0 Å². The van der Waals surface area contributed by atoms with Crippen LogP contribution >= 0.6 is 11.6 Å². The highest BCUT2D eigenvalue weighted by atomic mass is 35.5. The molecule has 0 unspecified atom stereocenters. The highest BCUT2D eigenvalue weighted by Crippen LogP contribution is 2.35. The van der Waals surface area contributed by atoms with Gasteiger partial charge in [0.25, 0.3) is 0 Å². The lowest BCUT2D eigenvalue weighted by atomic mass is 9.95. The molecule has 0 bridgehead atoms. The summed E-state index contributed by atoms with van der Waals surface area (Å²) in [6.45, 7) is 3.15. The summed E-state index contributed by atoms with van der Waals surface area (Å²) in [4.78, 5) is 20.2. The average Bonchev–Trinajstić information content (AvgIpc) is 2.79. The summed E-state index contributed by atoms with van der Waals surface area (Å²) < 4.78 is 58.3. The van der Waals surface area contributed by atoms with Crippen LogP contribution in [0.25, 0.3) is 0 Å². The van der Waals surface area contributed by atoms with Crippen LogP contribution in [0.3, 0.4) is 0 Å². The molecule has 4 rings (SSSR count). The minimum absolute atomic E-state index is 0.0800. The Kier molecular flexibility index (Phi) is 6.94. The fourth-order valence-electron chi connectivity index (χ4n) is 4.06. The fraction of sp³-hybridized carbons (Fsp3) is 0.455. The van der Waals surface area contributed by atoms with Gasteiger partial charge in [0.2, 0.25) is 5.91 Å². The Morgan fingerprint density at radius 2 is 1.79 bits per heavy atom. The third-order valence-corrected chi connectivity index (χ3v) is 6.16. The van der Waals surface area contributed by atoms with Crippen molar-refractivity contribution >= 4 is 34.7 Å². The Morgan fingerprint density at radius 3 is 2.39 bits per heavy atom. The second-order valence-electron chi connectivity index (χ2n) is 8.04. The van der Waals surface area contributed by atoms with E-state index in [2.05, 4.69) is 10.3 Å². The topological polar surface area (TPSA) is 57.7 Å². The standard InChI is InChI=1S/C22H23ClF4N4O2/c23-17-11-15(22(25,26)27)13-28-20(17)31-5-3-14(4-6-31)21(32)29-16-1-2-19(18(24)12-16)30-7-9-33-10-8-30/h1-2,11-14H,3-10H2,(H,29,32). The predicted molar refractivity (Wildman–Crippen MR) is 117 cm³/mol. The third-order valence-electron chi connectivity index (χ3n) is 5.88. The molecule has 1 aromatic carbocycles. The summed E-state index contributed by atoms with van der Waals surface area (Å²) in [6.07, 6.45) is -2.81. The van der Waals surface area contributed by atoms with Gasteiger partial charge in [-0.1, -0.05) is 11.6 Å². The molecule has 0 saturated carbocycles. The maximum Gasteiger partial charge on any atom is 0.417 e. The third kappa shape index (κ3) is 5.50. The number of carbonyl (C=O) groups excluding carboxylic acids is 1. The molecule has 0 radical (unpaired) electrons. The van der Waals surface area contributed by atoms with Crippen molar-refractivity contribution in [1.29, 1.82) is 0 Å². The number of piperidine rings is 1. The molecule has 2 aliphatic rings. The Bertz CT molecular complexity index is 1010. The molecule has 2 saturated heterocycles. The predicted octanol–water partition coefficient (Wildman–Crippen LogP) is 4.58. The van der Waals surface area contributed by atoms with E-state index >= 15 is 0 Å². The lowest BCUT2D eigenvalue weighted by molar-refractivity contribution is -0.137. The SMILES string of the molecule is O=C(Nc1ccc(N2CCOCC2)c(F)c1)C1CCN(c2ncc(C(F)(F)F)cc2Cl)CC1. The summed E-state index contributed by atoms with van der Waals surface area (Å²) >= 11 is 6.03. The quantitative estimate of drug-likeness (QED) is 0.641. The number of aromatic nitrogens is 1. The number of amides is 1. The van der Waals surface area contributed by atoms with E-state index in [1.165, 1.54) is 6.07 Å². The normalized spacial score (nSPS) is 17.8. The zero-order chi connectivity index (χ0) is 23.6. The molecule has 1 aromatic heterocycles. The van der Waals surface area contributed by atoms with Crippen LogP contribution in [-0.4, -0.2) is 50.3 Å². The molecule has 2 aromatic rings. The molecular formula is C22H23ClF4N4O2. The zero-order valence-corrected chi connectivity index (χ0v) is 18.4. The number of halogens is 5. The highest BCUT2D eigenvalue weighted by molar-refractivity contribution is 6.33. The second kappa shape index (κ2) is 9.72. The first-order chi connectivity index (χ1) is 15.7. The van der Waals surface area contributed by atoms with Crippen LogP contribution < -0.4 is 15.1 Å². The molecule has 0 aliphatic carbocycles. The molecule has 3 heterocycles. The van der Waals surface area contributed by atoms with Crippen LogP contribution in [0.4, 0.5) is 34.8 Å². The summed E-state index contributed by atoms with van der Waals surface area (Å²) in [6, 6.07) is 5.49. The first kappa shape index (κ1) is 23.6. The number of alkyl halides is 3. The number of ether oxygens (including phenoxy) is 1.